The molecule has 158 valence electrons. The largest absolute Gasteiger partial charge is 0.391 e. The molecule has 0 bridgehead atoms. The molecule has 1 saturated heterocycles. The first kappa shape index (κ1) is 20.5. The van der Waals surface area contributed by atoms with E-state index in [4.69, 9.17) is 0 Å². The third-order valence-electron chi connectivity index (χ3n) is 6.37. The fraction of sp³-hybridized carbons (Fsp3) is 0.400. The van der Waals surface area contributed by atoms with E-state index < -0.39 is 0 Å². The normalized spacial score (nSPS) is 16.8. The average molecular weight is 406 g/mol. The van der Waals surface area contributed by atoms with Gasteiger partial charge in [0.15, 0.2) is 0 Å². The molecule has 1 aromatic heterocycles. The Bertz CT molecular complexity index is 1120. The van der Waals surface area contributed by atoms with Gasteiger partial charge in [-0.25, -0.2) is 0 Å². The number of hydrogen-bond donors (Lipinski definition) is 1. The van der Waals surface area contributed by atoms with Gasteiger partial charge in [-0.05, 0) is 85.7 Å². The molecule has 0 unspecified atom stereocenters. The number of pyridine rings is 1. The standard InChI is InChI=1S/C25H31N3O2/c1-17-12-19-14-20(25(30)27(4)24(19)13-18(17)2)15-26(3)21-7-9-22(10-8-21)28-11-5-6-23(29)16-28/h7-10,12-14,23,29H,5-6,11,15-16H2,1-4H3/t23-/m0/s1. The zero-order valence-electron chi connectivity index (χ0n) is 18.4. The molecule has 1 fully saturated rings. The Kier molecular flexibility index (Phi) is 5.56. The van der Waals surface area contributed by atoms with E-state index in [1.165, 1.54) is 11.1 Å². The molecule has 4 rings (SSSR count). The summed E-state index contributed by atoms with van der Waals surface area (Å²) < 4.78 is 1.76. The van der Waals surface area contributed by atoms with Gasteiger partial charge in [0.1, 0.15) is 0 Å². The van der Waals surface area contributed by atoms with E-state index in [0.717, 1.165) is 47.2 Å². The number of aliphatic hydroxyl groups is 1. The number of piperidine rings is 1. The maximum absolute atomic E-state index is 12.9. The molecule has 1 atom stereocenters. The first-order valence-corrected chi connectivity index (χ1v) is 10.7. The fourth-order valence-electron chi connectivity index (χ4n) is 4.37. The van der Waals surface area contributed by atoms with Gasteiger partial charge in [0.25, 0.3) is 5.56 Å². The summed E-state index contributed by atoms with van der Waals surface area (Å²) in [7, 11) is 3.87. The molecule has 2 aromatic carbocycles. The van der Waals surface area contributed by atoms with Crippen molar-refractivity contribution in [1.82, 2.24) is 4.57 Å². The first-order chi connectivity index (χ1) is 14.3. The number of β-amino-alcohol motifs (C(OH)–C–C–N with tert-alkyl or cyclic N) is 1. The van der Waals surface area contributed by atoms with Crippen molar-refractivity contribution in [2.45, 2.75) is 39.3 Å². The number of anilines is 2. The third kappa shape index (κ3) is 3.94. The highest BCUT2D eigenvalue weighted by Gasteiger charge is 2.18. The molecule has 3 aromatic rings. The molecular formula is C25H31N3O2. The van der Waals surface area contributed by atoms with Gasteiger partial charge < -0.3 is 19.5 Å². The molecular weight excluding hydrogens is 374 g/mol. The maximum atomic E-state index is 12.9. The highest BCUT2D eigenvalue weighted by atomic mass is 16.3. The summed E-state index contributed by atoms with van der Waals surface area (Å²) in [6.07, 6.45) is 1.67. The van der Waals surface area contributed by atoms with Gasteiger partial charge in [0.05, 0.1) is 11.6 Å². The topological polar surface area (TPSA) is 48.7 Å². The first-order valence-electron chi connectivity index (χ1n) is 10.7. The number of aryl methyl sites for hydroxylation is 3. The Labute approximate surface area is 178 Å². The molecule has 0 saturated carbocycles. The van der Waals surface area contributed by atoms with E-state index in [-0.39, 0.29) is 11.7 Å². The lowest BCUT2D eigenvalue weighted by Gasteiger charge is -2.32. The maximum Gasteiger partial charge on any atom is 0.255 e. The average Bonchev–Trinajstić information content (AvgIpc) is 2.73. The summed E-state index contributed by atoms with van der Waals surface area (Å²) >= 11 is 0. The lowest BCUT2D eigenvalue weighted by Crippen LogP contribution is -2.38. The zero-order valence-corrected chi connectivity index (χ0v) is 18.4. The Balaban J connectivity index is 1.57. The van der Waals surface area contributed by atoms with Crippen LogP contribution in [0, 0.1) is 13.8 Å². The van der Waals surface area contributed by atoms with Crippen LogP contribution in [0.4, 0.5) is 11.4 Å². The summed E-state index contributed by atoms with van der Waals surface area (Å²) in [5.74, 6) is 0. The Morgan fingerprint density at radius 2 is 1.80 bits per heavy atom. The molecule has 5 heteroatoms. The van der Waals surface area contributed by atoms with Gasteiger partial charge in [0.2, 0.25) is 0 Å². The van der Waals surface area contributed by atoms with Crippen LogP contribution in [-0.2, 0) is 13.6 Å². The predicted octanol–water partition coefficient (Wildman–Crippen LogP) is 3.75. The van der Waals surface area contributed by atoms with Crippen molar-refractivity contribution in [1.29, 1.82) is 0 Å². The third-order valence-corrected chi connectivity index (χ3v) is 6.37. The van der Waals surface area contributed by atoms with Crippen LogP contribution in [0.25, 0.3) is 10.9 Å². The second-order valence-corrected chi connectivity index (χ2v) is 8.64. The van der Waals surface area contributed by atoms with Crippen LogP contribution in [0.15, 0.2) is 47.3 Å². The Hall–Kier alpha value is -2.79. The van der Waals surface area contributed by atoms with Gasteiger partial charge in [-0.1, -0.05) is 0 Å². The number of fused-ring (bicyclic) bond motifs is 1. The summed E-state index contributed by atoms with van der Waals surface area (Å²) in [4.78, 5) is 17.3. The fourth-order valence-corrected chi connectivity index (χ4v) is 4.37. The van der Waals surface area contributed by atoms with Crippen molar-refractivity contribution < 1.29 is 5.11 Å². The van der Waals surface area contributed by atoms with Crippen molar-refractivity contribution >= 4 is 22.3 Å². The van der Waals surface area contributed by atoms with Gasteiger partial charge in [-0.15, -0.1) is 0 Å². The van der Waals surface area contributed by atoms with Crippen molar-refractivity contribution in [2.24, 2.45) is 7.05 Å². The molecule has 0 radical (unpaired) electrons. The smallest absolute Gasteiger partial charge is 0.255 e. The van der Waals surface area contributed by atoms with Crippen molar-refractivity contribution in [3.63, 3.8) is 0 Å². The summed E-state index contributed by atoms with van der Waals surface area (Å²) in [5, 5.41) is 11.0. The van der Waals surface area contributed by atoms with Crippen LogP contribution in [0.5, 0.6) is 0 Å². The summed E-state index contributed by atoms with van der Waals surface area (Å²) in [6, 6.07) is 14.7. The SMILES string of the molecule is Cc1cc2cc(CN(C)c3ccc(N4CCC[C@H](O)C4)cc3)c(=O)n(C)c2cc1C. The summed E-state index contributed by atoms with van der Waals surface area (Å²) in [6.45, 7) is 6.42. The van der Waals surface area contributed by atoms with Crippen molar-refractivity contribution in [3.05, 3.63) is 69.5 Å². The van der Waals surface area contributed by atoms with E-state index in [0.29, 0.717) is 13.1 Å². The molecule has 1 N–H and O–H groups in total. The van der Waals surface area contributed by atoms with Gasteiger partial charge >= 0.3 is 0 Å². The van der Waals surface area contributed by atoms with E-state index in [9.17, 15) is 9.90 Å². The molecule has 2 heterocycles. The zero-order chi connectivity index (χ0) is 21.4. The van der Waals surface area contributed by atoms with Gasteiger partial charge in [0, 0.05) is 50.7 Å². The second-order valence-electron chi connectivity index (χ2n) is 8.64. The number of hydrogen-bond acceptors (Lipinski definition) is 4. The van der Waals surface area contributed by atoms with E-state index in [2.05, 4.69) is 60.0 Å². The number of rotatable bonds is 4. The number of nitrogens with zero attached hydrogens (tertiary/aromatic N) is 3. The molecule has 0 amide bonds. The lowest BCUT2D eigenvalue weighted by molar-refractivity contribution is 0.154. The number of aromatic nitrogens is 1. The van der Waals surface area contributed by atoms with E-state index >= 15 is 0 Å². The Morgan fingerprint density at radius 1 is 1.10 bits per heavy atom. The van der Waals surface area contributed by atoms with Crippen LogP contribution in [0.3, 0.4) is 0 Å². The van der Waals surface area contributed by atoms with E-state index in [1.807, 2.05) is 20.2 Å². The minimum Gasteiger partial charge on any atom is -0.391 e. The highest BCUT2D eigenvalue weighted by molar-refractivity contribution is 5.81. The molecule has 0 aliphatic carbocycles. The minimum atomic E-state index is -0.238. The van der Waals surface area contributed by atoms with Crippen LogP contribution < -0.4 is 15.4 Å². The van der Waals surface area contributed by atoms with Crippen molar-refractivity contribution in [2.75, 3.05) is 29.9 Å². The summed E-state index contributed by atoms with van der Waals surface area (Å²) in [5.41, 5.74) is 6.46. The molecule has 5 nitrogen and oxygen atoms in total. The predicted molar refractivity (Wildman–Crippen MR) is 125 cm³/mol. The number of aliphatic hydroxyl groups excluding tert-OH is 1. The quantitative estimate of drug-likeness (QED) is 0.718. The molecule has 1 aliphatic heterocycles. The van der Waals surface area contributed by atoms with Crippen LogP contribution >= 0.6 is 0 Å². The molecule has 0 spiro atoms. The van der Waals surface area contributed by atoms with Gasteiger partial charge in [-0.3, -0.25) is 4.79 Å². The van der Waals surface area contributed by atoms with Crippen LogP contribution in [0.1, 0.15) is 29.5 Å². The van der Waals surface area contributed by atoms with Crippen LogP contribution in [0.2, 0.25) is 0 Å². The molecule has 30 heavy (non-hydrogen) atoms. The molecule has 1 aliphatic rings. The monoisotopic (exact) mass is 405 g/mol. The highest BCUT2D eigenvalue weighted by Crippen LogP contribution is 2.25. The van der Waals surface area contributed by atoms with E-state index in [1.54, 1.807) is 4.57 Å². The second kappa shape index (κ2) is 8.15. The Morgan fingerprint density at radius 3 is 2.50 bits per heavy atom. The minimum absolute atomic E-state index is 0.0523. The van der Waals surface area contributed by atoms with Gasteiger partial charge in [-0.2, -0.15) is 0 Å². The lowest BCUT2D eigenvalue weighted by atomic mass is 10.0. The van der Waals surface area contributed by atoms with Crippen molar-refractivity contribution in [3.8, 4) is 0 Å². The number of benzene rings is 2. The van der Waals surface area contributed by atoms with Crippen LogP contribution in [-0.4, -0.2) is 35.9 Å².